The van der Waals surface area contributed by atoms with E-state index in [9.17, 15) is 9.59 Å². The second kappa shape index (κ2) is 7.33. The molecule has 0 saturated carbocycles. The fourth-order valence-electron chi connectivity index (χ4n) is 2.64. The van der Waals surface area contributed by atoms with Crippen molar-refractivity contribution in [3.8, 4) is 12.3 Å². The summed E-state index contributed by atoms with van der Waals surface area (Å²) in [5.41, 5.74) is 0. The van der Waals surface area contributed by atoms with E-state index in [1.807, 2.05) is 27.7 Å². The summed E-state index contributed by atoms with van der Waals surface area (Å²) >= 11 is 0. The molecule has 1 fully saturated rings. The van der Waals surface area contributed by atoms with Gasteiger partial charge in [0.2, 0.25) is 11.8 Å². The Balaban J connectivity index is 2.92. The van der Waals surface area contributed by atoms with Gasteiger partial charge < -0.3 is 10.2 Å². The van der Waals surface area contributed by atoms with Crippen LogP contribution >= 0.6 is 0 Å². The smallest absolute Gasteiger partial charge is 0.246 e. The average Bonchev–Trinajstić information content (AvgIpc) is 2.41. The molecule has 0 aromatic rings. The molecule has 1 aliphatic heterocycles. The Morgan fingerprint density at radius 1 is 1.35 bits per heavy atom. The molecule has 0 radical (unpaired) electrons. The summed E-state index contributed by atoms with van der Waals surface area (Å²) in [4.78, 5) is 26.7. The van der Waals surface area contributed by atoms with Gasteiger partial charge >= 0.3 is 0 Å². The number of amides is 2. The zero-order chi connectivity index (χ0) is 15.3. The van der Waals surface area contributed by atoms with Gasteiger partial charge in [-0.1, -0.05) is 34.1 Å². The number of hydrogen-bond acceptors (Lipinski definition) is 2. The van der Waals surface area contributed by atoms with Gasteiger partial charge in [0, 0.05) is 13.0 Å². The molecular formula is C16H26N2O2. The van der Waals surface area contributed by atoms with E-state index in [0.29, 0.717) is 13.0 Å². The molecule has 1 rings (SSSR count). The van der Waals surface area contributed by atoms with Crippen molar-refractivity contribution in [3.05, 3.63) is 0 Å². The third-order valence-electron chi connectivity index (χ3n) is 4.02. The van der Waals surface area contributed by atoms with Crippen molar-refractivity contribution in [2.75, 3.05) is 6.54 Å². The minimum atomic E-state index is -0.395. The number of rotatable bonds is 6. The molecule has 4 nitrogen and oxygen atoms in total. The van der Waals surface area contributed by atoms with Crippen LogP contribution in [-0.2, 0) is 9.59 Å². The minimum Gasteiger partial charge on any atom is -0.342 e. The number of unbranched alkanes of at least 4 members (excludes halogenated alkanes) is 1. The van der Waals surface area contributed by atoms with Crippen LogP contribution in [0.1, 0.15) is 47.0 Å². The normalized spacial score (nSPS) is 24.5. The second-order valence-corrected chi connectivity index (χ2v) is 5.90. The van der Waals surface area contributed by atoms with Crippen LogP contribution in [0.5, 0.6) is 0 Å². The van der Waals surface area contributed by atoms with Gasteiger partial charge in [0.15, 0.2) is 0 Å². The molecule has 112 valence electrons. The van der Waals surface area contributed by atoms with Crippen LogP contribution in [0.25, 0.3) is 0 Å². The van der Waals surface area contributed by atoms with E-state index < -0.39 is 6.04 Å². The lowest BCUT2D eigenvalue weighted by molar-refractivity contribution is -0.152. The SMILES string of the molecule is C#CCCCN1C(=O)C(C(C)CC)NC(=O)C1C(C)C. The van der Waals surface area contributed by atoms with Gasteiger partial charge in [0.05, 0.1) is 0 Å². The number of nitrogens with zero attached hydrogens (tertiary/aromatic N) is 1. The van der Waals surface area contributed by atoms with Gasteiger partial charge in [-0.25, -0.2) is 0 Å². The fourth-order valence-corrected chi connectivity index (χ4v) is 2.64. The first-order chi connectivity index (χ1) is 9.43. The van der Waals surface area contributed by atoms with E-state index in [1.54, 1.807) is 4.90 Å². The third kappa shape index (κ3) is 3.53. The zero-order valence-corrected chi connectivity index (χ0v) is 13.0. The first-order valence-corrected chi connectivity index (χ1v) is 7.48. The monoisotopic (exact) mass is 278 g/mol. The molecule has 1 saturated heterocycles. The quantitative estimate of drug-likeness (QED) is 0.595. The number of carbonyl (C=O) groups is 2. The molecule has 3 unspecified atom stereocenters. The second-order valence-electron chi connectivity index (χ2n) is 5.90. The molecule has 1 N–H and O–H groups in total. The highest BCUT2D eigenvalue weighted by Gasteiger charge is 2.42. The molecule has 0 aromatic heterocycles. The molecule has 0 spiro atoms. The van der Waals surface area contributed by atoms with Crippen LogP contribution < -0.4 is 5.32 Å². The first-order valence-electron chi connectivity index (χ1n) is 7.48. The van der Waals surface area contributed by atoms with Crippen LogP contribution in [0, 0.1) is 24.2 Å². The molecular weight excluding hydrogens is 252 g/mol. The summed E-state index contributed by atoms with van der Waals surface area (Å²) in [7, 11) is 0. The lowest BCUT2D eigenvalue weighted by atomic mass is 9.90. The fraction of sp³-hybridized carbons (Fsp3) is 0.750. The molecule has 0 aliphatic carbocycles. The van der Waals surface area contributed by atoms with Crippen molar-refractivity contribution < 1.29 is 9.59 Å². The van der Waals surface area contributed by atoms with Crippen molar-refractivity contribution in [2.45, 2.75) is 59.0 Å². The number of terminal acetylenes is 1. The molecule has 4 heteroatoms. The summed E-state index contributed by atoms with van der Waals surface area (Å²) in [6, 6.07) is -0.770. The van der Waals surface area contributed by atoms with Gasteiger partial charge in [-0.2, -0.15) is 0 Å². The maximum absolute atomic E-state index is 12.6. The highest BCUT2D eigenvalue weighted by Crippen LogP contribution is 2.22. The Labute approximate surface area is 122 Å². The van der Waals surface area contributed by atoms with Crippen molar-refractivity contribution in [1.29, 1.82) is 0 Å². The first kappa shape index (κ1) is 16.6. The van der Waals surface area contributed by atoms with Gasteiger partial charge in [-0.05, 0) is 18.3 Å². The zero-order valence-electron chi connectivity index (χ0n) is 13.0. The Bertz CT molecular complexity index is 398. The maximum atomic E-state index is 12.6. The van der Waals surface area contributed by atoms with Crippen LogP contribution in [0.4, 0.5) is 0 Å². The van der Waals surface area contributed by atoms with Gasteiger partial charge in [0.25, 0.3) is 0 Å². The number of carbonyl (C=O) groups excluding carboxylic acids is 2. The summed E-state index contributed by atoms with van der Waals surface area (Å²) in [6.07, 6.45) is 7.50. The number of nitrogens with one attached hydrogen (secondary N) is 1. The number of hydrogen-bond donors (Lipinski definition) is 1. The molecule has 3 atom stereocenters. The van der Waals surface area contributed by atoms with Crippen molar-refractivity contribution >= 4 is 11.8 Å². The van der Waals surface area contributed by atoms with E-state index >= 15 is 0 Å². The predicted octanol–water partition coefficient (Wildman–Crippen LogP) is 1.80. The topological polar surface area (TPSA) is 49.4 Å². The van der Waals surface area contributed by atoms with E-state index in [2.05, 4.69) is 11.2 Å². The molecule has 20 heavy (non-hydrogen) atoms. The molecule has 0 aromatic carbocycles. The maximum Gasteiger partial charge on any atom is 0.246 e. The Hall–Kier alpha value is -1.50. The van der Waals surface area contributed by atoms with Crippen LogP contribution in [-0.4, -0.2) is 35.3 Å². The van der Waals surface area contributed by atoms with Crippen LogP contribution in [0.2, 0.25) is 0 Å². The summed E-state index contributed by atoms with van der Waals surface area (Å²) in [6.45, 7) is 8.52. The van der Waals surface area contributed by atoms with E-state index in [1.165, 1.54) is 0 Å². The van der Waals surface area contributed by atoms with Crippen molar-refractivity contribution in [3.63, 3.8) is 0 Å². The van der Waals surface area contributed by atoms with E-state index in [-0.39, 0.29) is 29.7 Å². The van der Waals surface area contributed by atoms with Crippen LogP contribution in [0.3, 0.4) is 0 Å². The molecule has 1 heterocycles. The lowest BCUT2D eigenvalue weighted by Gasteiger charge is -2.42. The predicted molar refractivity (Wildman–Crippen MR) is 79.8 cm³/mol. The largest absolute Gasteiger partial charge is 0.342 e. The number of piperazine rings is 1. The summed E-state index contributed by atoms with van der Waals surface area (Å²) in [5.74, 6) is 2.83. The van der Waals surface area contributed by atoms with Gasteiger partial charge in [-0.15, -0.1) is 12.3 Å². The summed E-state index contributed by atoms with van der Waals surface area (Å²) in [5, 5.41) is 2.90. The van der Waals surface area contributed by atoms with Gasteiger partial charge in [0.1, 0.15) is 12.1 Å². The molecule has 0 bridgehead atoms. The van der Waals surface area contributed by atoms with Crippen molar-refractivity contribution in [1.82, 2.24) is 10.2 Å². The van der Waals surface area contributed by atoms with E-state index in [4.69, 9.17) is 6.42 Å². The van der Waals surface area contributed by atoms with Crippen LogP contribution in [0.15, 0.2) is 0 Å². The minimum absolute atomic E-state index is 0.0365. The van der Waals surface area contributed by atoms with Gasteiger partial charge in [-0.3, -0.25) is 9.59 Å². The highest BCUT2D eigenvalue weighted by atomic mass is 16.2. The standard InChI is InChI=1S/C16H26N2O2/c1-6-8-9-10-18-14(11(3)4)15(19)17-13(16(18)20)12(5)7-2/h1,11-14H,7-10H2,2-5H3,(H,17,19). The Morgan fingerprint density at radius 3 is 2.50 bits per heavy atom. The molecule has 1 aliphatic rings. The lowest BCUT2D eigenvalue weighted by Crippen LogP contribution is -2.66. The van der Waals surface area contributed by atoms with E-state index in [0.717, 1.165) is 12.8 Å². The summed E-state index contributed by atoms with van der Waals surface area (Å²) < 4.78 is 0. The average molecular weight is 278 g/mol. The Morgan fingerprint density at radius 2 is 2.00 bits per heavy atom. The highest BCUT2D eigenvalue weighted by molar-refractivity contribution is 5.97. The third-order valence-corrected chi connectivity index (χ3v) is 4.02. The Kier molecular flexibility index (Phi) is 6.06. The van der Waals surface area contributed by atoms with Crippen molar-refractivity contribution in [2.24, 2.45) is 11.8 Å². The molecule has 2 amide bonds.